The highest BCUT2D eigenvalue weighted by Crippen LogP contribution is 2.42. The van der Waals surface area contributed by atoms with Gasteiger partial charge in [-0.2, -0.15) is 0 Å². The average Bonchev–Trinajstić information content (AvgIpc) is 2.89. The van der Waals surface area contributed by atoms with Crippen LogP contribution in [0.2, 0.25) is 0 Å². The van der Waals surface area contributed by atoms with E-state index in [0.717, 1.165) is 5.56 Å². The second-order valence-corrected chi connectivity index (χ2v) is 6.35. The largest absolute Gasteiger partial charge is 0.478 e. The van der Waals surface area contributed by atoms with Crippen LogP contribution in [0.25, 0.3) is 0 Å². The zero-order valence-electron chi connectivity index (χ0n) is 12.3. The van der Waals surface area contributed by atoms with Crippen LogP contribution < -0.4 is 4.90 Å². The minimum Gasteiger partial charge on any atom is -0.478 e. The van der Waals surface area contributed by atoms with E-state index in [0.29, 0.717) is 17.0 Å². The van der Waals surface area contributed by atoms with E-state index in [-0.39, 0.29) is 22.7 Å². The van der Waals surface area contributed by atoms with Gasteiger partial charge in [0.05, 0.1) is 11.3 Å². The molecular weight excluding hydrogens is 317 g/mol. The fourth-order valence-corrected chi connectivity index (χ4v) is 3.79. The SMILES string of the molecule is Cc1cc(C(=O)O)ccc1N1C(=O)CSC1c1ccc(F)cc1. The van der Waals surface area contributed by atoms with Gasteiger partial charge in [0.1, 0.15) is 11.2 Å². The number of aryl methyl sites for hydroxylation is 1. The number of amides is 1. The predicted octanol–water partition coefficient (Wildman–Crippen LogP) is 3.61. The summed E-state index contributed by atoms with van der Waals surface area (Å²) < 4.78 is 13.1. The number of nitrogens with zero attached hydrogens (tertiary/aromatic N) is 1. The Bertz CT molecular complexity index is 776. The molecule has 1 aliphatic rings. The minimum absolute atomic E-state index is 0.0458. The van der Waals surface area contributed by atoms with Gasteiger partial charge >= 0.3 is 5.97 Å². The summed E-state index contributed by atoms with van der Waals surface area (Å²) >= 11 is 1.47. The van der Waals surface area contributed by atoms with E-state index >= 15 is 0 Å². The molecule has 2 aromatic carbocycles. The Morgan fingerprint density at radius 1 is 1.26 bits per heavy atom. The molecule has 0 aliphatic carbocycles. The van der Waals surface area contributed by atoms with Crippen LogP contribution in [0.5, 0.6) is 0 Å². The summed E-state index contributed by atoms with van der Waals surface area (Å²) in [5, 5.41) is 8.81. The molecule has 1 N–H and O–H groups in total. The summed E-state index contributed by atoms with van der Waals surface area (Å²) in [5.41, 5.74) is 2.42. The summed E-state index contributed by atoms with van der Waals surface area (Å²) in [6.07, 6.45) is 0. The molecule has 118 valence electrons. The van der Waals surface area contributed by atoms with Crippen molar-refractivity contribution >= 4 is 29.3 Å². The Balaban J connectivity index is 2.00. The van der Waals surface area contributed by atoms with Crippen molar-refractivity contribution in [3.8, 4) is 0 Å². The van der Waals surface area contributed by atoms with Crippen molar-refractivity contribution in [3.05, 3.63) is 65.0 Å². The van der Waals surface area contributed by atoms with E-state index in [4.69, 9.17) is 5.11 Å². The number of carbonyl (C=O) groups is 2. The Kier molecular flexibility index (Phi) is 4.09. The molecule has 2 aromatic rings. The smallest absolute Gasteiger partial charge is 0.335 e. The summed E-state index contributed by atoms with van der Waals surface area (Å²) in [7, 11) is 0. The molecular formula is C17H14FNO3S. The van der Waals surface area contributed by atoms with Gasteiger partial charge in [-0.15, -0.1) is 11.8 Å². The van der Waals surface area contributed by atoms with Crippen molar-refractivity contribution in [3.63, 3.8) is 0 Å². The fourth-order valence-electron chi connectivity index (χ4n) is 2.62. The van der Waals surface area contributed by atoms with E-state index in [2.05, 4.69) is 0 Å². The Hall–Kier alpha value is -2.34. The van der Waals surface area contributed by atoms with Crippen LogP contribution >= 0.6 is 11.8 Å². The van der Waals surface area contributed by atoms with Crippen LogP contribution in [0.3, 0.4) is 0 Å². The first-order chi connectivity index (χ1) is 11.0. The molecule has 23 heavy (non-hydrogen) atoms. The van der Waals surface area contributed by atoms with Gasteiger partial charge in [-0.25, -0.2) is 9.18 Å². The quantitative estimate of drug-likeness (QED) is 0.933. The molecule has 0 radical (unpaired) electrons. The number of thioether (sulfide) groups is 1. The van der Waals surface area contributed by atoms with E-state index in [9.17, 15) is 14.0 Å². The maximum Gasteiger partial charge on any atom is 0.335 e. The first-order valence-corrected chi connectivity index (χ1v) is 8.05. The number of rotatable bonds is 3. The highest BCUT2D eigenvalue weighted by Gasteiger charge is 2.34. The molecule has 1 saturated heterocycles. The third-order valence-corrected chi connectivity index (χ3v) is 4.94. The van der Waals surface area contributed by atoms with Crippen molar-refractivity contribution in [2.24, 2.45) is 0 Å². The van der Waals surface area contributed by atoms with Crippen LogP contribution in [-0.2, 0) is 4.79 Å². The molecule has 0 spiro atoms. The summed E-state index contributed by atoms with van der Waals surface area (Å²) in [6.45, 7) is 1.78. The van der Waals surface area contributed by atoms with Crippen molar-refractivity contribution in [1.82, 2.24) is 0 Å². The summed E-state index contributed by atoms with van der Waals surface area (Å²) in [4.78, 5) is 25.0. The van der Waals surface area contributed by atoms with Crippen LogP contribution in [0, 0.1) is 12.7 Å². The molecule has 0 aromatic heterocycles. The van der Waals surface area contributed by atoms with E-state index in [1.54, 1.807) is 36.1 Å². The molecule has 1 unspecified atom stereocenters. The third-order valence-electron chi connectivity index (χ3n) is 3.73. The van der Waals surface area contributed by atoms with Gasteiger partial charge < -0.3 is 5.11 Å². The lowest BCUT2D eigenvalue weighted by atomic mass is 10.1. The maximum absolute atomic E-state index is 13.1. The number of aromatic carboxylic acids is 1. The van der Waals surface area contributed by atoms with Gasteiger partial charge in [-0.1, -0.05) is 12.1 Å². The van der Waals surface area contributed by atoms with Gasteiger partial charge in [0, 0.05) is 5.69 Å². The molecule has 3 rings (SSSR count). The van der Waals surface area contributed by atoms with Gasteiger partial charge in [-0.3, -0.25) is 9.69 Å². The van der Waals surface area contributed by atoms with Crippen LogP contribution in [0.15, 0.2) is 42.5 Å². The molecule has 6 heteroatoms. The molecule has 1 atom stereocenters. The normalized spacial score (nSPS) is 17.6. The molecule has 0 saturated carbocycles. The molecule has 1 fully saturated rings. The lowest BCUT2D eigenvalue weighted by molar-refractivity contribution is -0.115. The van der Waals surface area contributed by atoms with Crippen molar-refractivity contribution in [1.29, 1.82) is 0 Å². The lowest BCUT2D eigenvalue weighted by Gasteiger charge is -2.26. The number of hydrogen-bond donors (Lipinski definition) is 1. The van der Waals surface area contributed by atoms with Crippen molar-refractivity contribution in [2.45, 2.75) is 12.3 Å². The van der Waals surface area contributed by atoms with Gasteiger partial charge in [-0.05, 0) is 48.4 Å². The van der Waals surface area contributed by atoms with Crippen LogP contribution in [0.1, 0.15) is 26.9 Å². The number of carboxylic acid groups (broad SMARTS) is 1. The van der Waals surface area contributed by atoms with Gasteiger partial charge in [0.15, 0.2) is 0 Å². The number of benzene rings is 2. The predicted molar refractivity (Wildman–Crippen MR) is 87.2 cm³/mol. The standard InChI is InChI=1S/C17H14FNO3S/c1-10-8-12(17(21)22)4-7-14(10)19-15(20)9-23-16(19)11-2-5-13(18)6-3-11/h2-8,16H,9H2,1H3,(H,21,22). The second kappa shape index (κ2) is 6.04. The Labute approximate surface area is 136 Å². The maximum atomic E-state index is 13.1. The minimum atomic E-state index is -1.00. The third kappa shape index (κ3) is 2.94. The zero-order chi connectivity index (χ0) is 16.6. The van der Waals surface area contributed by atoms with Crippen molar-refractivity contribution < 1.29 is 19.1 Å². The molecule has 0 bridgehead atoms. The second-order valence-electron chi connectivity index (χ2n) is 5.29. The number of halogens is 1. The van der Waals surface area contributed by atoms with Gasteiger partial charge in [0.2, 0.25) is 5.91 Å². The Morgan fingerprint density at radius 3 is 2.57 bits per heavy atom. The first kappa shape index (κ1) is 15.6. The number of carbonyl (C=O) groups excluding carboxylic acids is 1. The molecule has 4 nitrogen and oxygen atoms in total. The summed E-state index contributed by atoms with van der Waals surface area (Å²) in [5.74, 6) is -1.04. The Morgan fingerprint density at radius 2 is 1.96 bits per heavy atom. The zero-order valence-corrected chi connectivity index (χ0v) is 13.1. The van der Waals surface area contributed by atoms with Gasteiger partial charge in [0.25, 0.3) is 0 Å². The fraction of sp³-hybridized carbons (Fsp3) is 0.176. The van der Waals surface area contributed by atoms with E-state index in [1.165, 1.54) is 30.0 Å². The molecule has 1 amide bonds. The molecule has 1 aliphatic heterocycles. The van der Waals surface area contributed by atoms with E-state index in [1.807, 2.05) is 0 Å². The number of carboxylic acids is 1. The molecule has 1 heterocycles. The van der Waals surface area contributed by atoms with E-state index < -0.39 is 5.97 Å². The van der Waals surface area contributed by atoms with Crippen molar-refractivity contribution in [2.75, 3.05) is 10.7 Å². The number of hydrogen-bond acceptors (Lipinski definition) is 3. The monoisotopic (exact) mass is 331 g/mol. The summed E-state index contributed by atoms with van der Waals surface area (Å²) in [6, 6.07) is 10.8. The van der Waals surface area contributed by atoms with Crippen LogP contribution in [0.4, 0.5) is 10.1 Å². The lowest BCUT2D eigenvalue weighted by Crippen LogP contribution is -2.28. The number of anilines is 1. The first-order valence-electron chi connectivity index (χ1n) is 7.00. The topological polar surface area (TPSA) is 57.6 Å². The highest BCUT2D eigenvalue weighted by atomic mass is 32.2. The highest BCUT2D eigenvalue weighted by molar-refractivity contribution is 8.00. The average molecular weight is 331 g/mol. The van der Waals surface area contributed by atoms with Crippen LogP contribution in [-0.4, -0.2) is 22.7 Å².